The summed E-state index contributed by atoms with van der Waals surface area (Å²) in [6.07, 6.45) is 10.3. The minimum absolute atomic E-state index is 0.0490. The Bertz CT molecular complexity index is 692. The van der Waals surface area contributed by atoms with Crippen LogP contribution in [0, 0.1) is 5.92 Å². The van der Waals surface area contributed by atoms with Gasteiger partial charge < -0.3 is 14.2 Å². The molecule has 2 aromatic heterocycles. The number of aromatic nitrogens is 4. The number of nitrogens with one attached hydrogen (secondary N) is 1. The summed E-state index contributed by atoms with van der Waals surface area (Å²) in [4.78, 5) is 18.8. The van der Waals surface area contributed by atoms with Crippen molar-refractivity contribution in [3.63, 3.8) is 0 Å². The Morgan fingerprint density at radius 3 is 3.08 bits per heavy atom. The number of carbonyl (C=O) groups excluding carboxylic acids is 1. The summed E-state index contributed by atoms with van der Waals surface area (Å²) >= 11 is 0. The maximum Gasteiger partial charge on any atom is 0.323 e. The highest BCUT2D eigenvalue weighted by molar-refractivity contribution is 5.88. The second-order valence-corrected chi connectivity index (χ2v) is 6.81. The summed E-state index contributed by atoms with van der Waals surface area (Å²) in [5.41, 5.74) is 0. The van der Waals surface area contributed by atoms with Crippen LogP contribution in [0.5, 0.6) is 0 Å². The van der Waals surface area contributed by atoms with Gasteiger partial charge >= 0.3 is 6.03 Å². The molecular weight excluding hydrogens is 320 g/mol. The zero-order valence-electron chi connectivity index (χ0n) is 14.3. The van der Waals surface area contributed by atoms with Crippen LogP contribution in [0.2, 0.25) is 0 Å². The molecule has 2 unspecified atom stereocenters. The van der Waals surface area contributed by atoms with Crippen LogP contribution in [0.3, 0.4) is 0 Å². The Balaban J connectivity index is 1.38. The number of likely N-dealkylation sites (tertiary alicyclic amines) is 1. The number of amides is 2. The van der Waals surface area contributed by atoms with Gasteiger partial charge in [-0.05, 0) is 19.3 Å². The van der Waals surface area contributed by atoms with Crippen LogP contribution >= 0.6 is 0 Å². The van der Waals surface area contributed by atoms with Gasteiger partial charge in [-0.15, -0.1) is 0 Å². The fourth-order valence-corrected chi connectivity index (χ4v) is 3.67. The fourth-order valence-electron chi connectivity index (χ4n) is 3.67. The predicted octanol–water partition coefficient (Wildman–Crippen LogP) is 1.81. The first-order valence-corrected chi connectivity index (χ1v) is 8.92. The monoisotopic (exact) mass is 344 g/mol. The van der Waals surface area contributed by atoms with Crippen LogP contribution in [0.15, 0.2) is 31.0 Å². The van der Waals surface area contributed by atoms with E-state index in [1.165, 1.54) is 0 Å². The molecule has 2 aromatic rings. The maximum atomic E-state index is 12.8. The number of imidazole rings is 1. The van der Waals surface area contributed by atoms with Crippen LogP contribution in [-0.2, 0) is 17.8 Å². The third-order valence-corrected chi connectivity index (χ3v) is 5.03. The van der Waals surface area contributed by atoms with Gasteiger partial charge in [0.1, 0.15) is 5.82 Å². The van der Waals surface area contributed by atoms with Gasteiger partial charge in [-0.3, -0.25) is 5.32 Å². The molecule has 0 spiro atoms. The number of nitrogens with zero attached hydrogens (tertiary/aromatic N) is 5. The lowest BCUT2D eigenvalue weighted by molar-refractivity contribution is 0.181. The van der Waals surface area contributed by atoms with Crippen molar-refractivity contribution in [2.45, 2.75) is 38.4 Å². The molecule has 2 atom stereocenters. The molecule has 4 rings (SSSR count). The van der Waals surface area contributed by atoms with Gasteiger partial charge in [0.25, 0.3) is 0 Å². The molecule has 8 nitrogen and oxygen atoms in total. The van der Waals surface area contributed by atoms with E-state index < -0.39 is 0 Å². The first-order valence-electron chi connectivity index (χ1n) is 8.92. The lowest BCUT2D eigenvalue weighted by Gasteiger charge is -2.25. The zero-order chi connectivity index (χ0) is 17.1. The second-order valence-electron chi connectivity index (χ2n) is 6.81. The molecule has 2 saturated heterocycles. The van der Waals surface area contributed by atoms with Crippen LogP contribution in [0.25, 0.3) is 0 Å². The Labute approximate surface area is 146 Å². The molecule has 0 radical (unpaired) electrons. The molecule has 0 bridgehead atoms. The summed E-state index contributed by atoms with van der Waals surface area (Å²) in [6, 6.07) is 2.01. The average molecular weight is 344 g/mol. The molecule has 2 aliphatic heterocycles. The van der Waals surface area contributed by atoms with Crippen molar-refractivity contribution in [3.05, 3.63) is 31.0 Å². The lowest BCUT2D eigenvalue weighted by atomic mass is 10.1. The van der Waals surface area contributed by atoms with Gasteiger partial charge in [0, 0.05) is 50.6 Å². The first-order chi connectivity index (χ1) is 12.3. The van der Waals surface area contributed by atoms with E-state index in [9.17, 15) is 4.79 Å². The van der Waals surface area contributed by atoms with Crippen molar-refractivity contribution in [3.8, 4) is 0 Å². The summed E-state index contributed by atoms with van der Waals surface area (Å²) in [5, 5.41) is 7.39. The van der Waals surface area contributed by atoms with Crippen molar-refractivity contribution in [2.24, 2.45) is 5.92 Å². The van der Waals surface area contributed by atoms with E-state index in [1.54, 1.807) is 18.7 Å². The summed E-state index contributed by atoms with van der Waals surface area (Å²) in [5.74, 6) is 1.22. The van der Waals surface area contributed by atoms with Gasteiger partial charge in [0.15, 0.2) is 0 Å². The summed E-state index contributed by atoms with van der Waals surface area (Å²) in [6.45, 7) is 3.94. The molecule has 8 heteroatoms. The number of hydrogen-bond donors (Lipinski definition) is 1. The number of anilines is 1. The van der Waals surface area contributed by atoms with Crippen LogP contribution in [0.1, 0.15) is 19.3 Å². The third-order valence-electron chi connectivity index (χ3n) is 5.03. The highest BCUT2D eigenvalue weighted by Gasteiger charge is 2.29. The number of urea groups is 1. The highest BCUT2D eigenvalue weighted by atomic mass is 16.5. The second kappa shape index (κ2) is 7.26. The normalized spacial score (nSPS) is 23.3. The number of hydrogen-bond acceptors (Lipinski definition) is 4. The maximum absolute atomic E-state index is 12.8. The van der Waals surface area contributed by atoms with E-state index in [1.807, 2.05) is 26.4 Å². The van der Waals surface area contributed by atoms with E-state index in [0.717, 1.165) is 57.9 Å². The Morgan fingerprint density at radius 2 is 2.28 bits per heavy atom. The van der Waals surface area contributed by atoms with Gasteiger partial charge in [-0.25, -0.2) is 14.5 Å². The molecule has 1 N–H and O–H groups in total. The molecule has 2 fully saturated rings. The topological polar surface area (TPSA) is 77.2 Å². The van der Waals surface area contributed by atoms with Crippen LogP contribution in [0.4, 0.5) is 10.6 Å². The molecule has 2 aliphatic rings. The Morgan fingerprint density at radius 1 is 1.32 bits per heavy atom. The van der Waals surface area contributed by atoms with Crippen molar-refractivity contribution in [1.29, 1.82) is 0 Å². The molecule has 0 saturated carbocycles. The van der Waals surface area contributed by atoms with Crippen molar-refractivity contribution in [1.82, 2.24) is 24.2 Å². The minimum atomic E-state index is -0.0490. The third kappa shape index (κ3) is 3.68. The van der Waals surface area contributed by atoms with Gasteiger partial charge in [-0.2, -0.15) is 5.10 Å². The molecule has 134 valence electrons. The quantitative estimate of drug-likeness (QED) is 0.897. The molecule has 4 heterocycles. The highest BCUT2D eigenvalue weighted by Crippen LogP contribution is 2.21. The molecule has 25 heavy (non-hydrogen) atoms. The Hall–Kier alpha value is -2.35. The van der Waals surface area contributed by atoms with Gasteiger partial charge in [0.2, 0.25) is 0 Å². The summed E-state index contributed by atoms with van der Waals surface area (Å²) in [7, 11) is 0. The smallest absolute Gasteiger partial charge is 0.323 e. The molecular formula is C17H24N6O2. The molecule has 0 aliphatic carbocycles. The Kier molecular flexibility index (Phi) is 4.69. The largest absolute Gasteiger partial charge is 0.381 e. The standard InChI is InChI=1S/C17H24N6O2/c24-17(22-7-1-2-15(22)11-21-8-6-18-13-21)20-16-3-5-19-23(16)10-14-4-9-25-12-14/h3,5-6,8,13-15H,1-2,4,7,9-12H2,(H,20,24). The first kappa shape index (κ1) is 16.1. The van der Waals surface area contributed by atoms with E-state index in [2.05, 4.69) is 15.4 Å². The number of carbonyl (C=O) groups is 1. The predicted molar refractivity (Wildman–Crippen MR) is 92.1 cm³/mol. The van der Waals surface area contributed by atoms with Crippen LogP contribution in [-0.4, -0.2) is 56.1 Å². The van der Waals surface area contributed by atoms with Gasteiger partial charge in [-0.1, -0.05) is 0 Å². The molecule has 2 amide bonds. The van der Waals surface area contributed by atoms with Crippen molar-refractivity contribution >= 4 is 11.8 Å². The van der Waals surface area contributed by atoms with Crippen LogP contribution < -0.4 is 5.32 Å². The fraction of sp³-hybridized carbons (Fsp3) is 0.588. The van der Waals surface area contributed by atoms with E-state index in [0.29, 0.717) is 5.92 Å². The number of rotatable bonds is 5. The molecule has 0 aromatic carbocycles. The average Bonchev–Trinajstić information content (AvgIpc) is 3.37. The van der Waals surface area contributed by atoms with Gasteiger partial charge in [0.05, 0.1) is 25.2 Å². The van der Waals surface area contributed by atoms with E-state index in [-0.39, 0.29) is 12.1 Å². The zero-order valence-corrected chi connectivity index (χ0v) is 14.3. The number of ether oxygens (including phenoxy) is 1. The SMILES string of the molecule is O=C(Nc1ccnn1CC1CCOC1)N1CCCC1Cn1ccnc1. The lowest BCUT2D eigenvalue weighted by Crippen LogP contribution is -2.41. The van der Waals surface area contributed by atoms with Crippen molar-refractivity contribution < 1.29 is 9.53 Å². The van der Waals surface area contributed by atoms with E-state index in [4.69, 9.17) is 4.74 Å². The van der Waals surface area contributed by atoms with Crippen molar-refractivity contribution in [2.75, 3.05) is 25.1 Å². The minimum Gasteiger partial charge on any atom is -0.381 e. The summed E-state index contributed by atoms with van der Waals surface area (Å²) < 4.78 is 9.33. The van der Waals surface area contributed by atoms with E-state index >= 15 is 0 Å².